The number of hydrogen-bond donors (Lipinski definition) is 1. The number of aromatic nitrogens is 1. The van der Waals surface area contributed by atoms with Gasteiger partial charge in [-0.3, -0.25) is 4.98 Å². The van der Waals surface area contributed by atoms with E-state index in [2.05, 4.69) is 33.2 Å². The summed E-state index contributed by atoms with van der Waals surface area (Å²) < 4.78 is 17.0. The van der Waals surface area contributed by atoms with Crippen LogP contribution in [-0.2, 0) is 0 Å². The molecule has 0 amide bonds. The molecule has 1 unspecified atom stereocenters. The molecule has 2 aromatic rings. The van der Waals surface area contributed by atoms with E-state index in [0.717, 1.165) is 15.7 Å². The summed E-state index contributed by atoms with van der Waals surface area (Å²) in [5.74, 6) is 1.86. The van der Waals surface area contributed by atoms with E-state index in [4.69, 9.17) is 14.2 Å². The lowest BCUT2D eigenvalue weighted by Gasteiger charge is -2.19. The molecule has 1 heterocycles. The van der Waals surface area contributed by atoms with Gasteiger partial charge in [-0.15, -0.1) is 0 Å². The maximum atomic E-state index is 5.39. The number of rotatable bonds is 6. The second kappa shape index (κ2) is 7.35. The van der Waals surface area contributed by atoms with Gasteiger partial charge >= 0.3 is 0 Å². The predicted molar refractivity (Wildman–Crippen MR) is 90.1 cm³/mol. The van der Waals surface area contributed by atoms with Gasteiger partial charge in [-0.1, -0.05) is 0 Å². The van der Waals surface area contributed by atoms with Crippen LogP contribution < -0.4 is 19.5 Å². The summed E-state index contributed by atoms with van der Waals surface area (Å²) in [6.45, 7) is 2.06. The van der Waals surface area contributed by atoms with Gasteiger partial charge in [0.15, 0.2) is 11.5 Å². The Bertz CT molecular complexity index is 624. The Morgan fingerprint density at radius 3 is 2.14 bits per heavy atom. The number of methoxy groups -OCH3 is 3. The number of benzene rings is 1. The molecule has 2 rings (SSSR count). The maximum Gasteiger partial charge on any atom is 0.203 e. The van der Waals surface area contributed by atoms with Crippen molar-refractivity contribution >= 4 is 21.6 Å². The van der Waals surface area contributed by atoms with Crippen LogP contribution in [0.2, 0.25) is 0 Å². The number of nitrogens with one attached hydrogen (secondary N) is 1. The molecule has 0 saturated carbocycles. The van der Waals surface area contributed by atoms with Crippen LogP contribution in [0, 0.1) is 0 Å². The summed E-state index contributed by atoms with van der Waals surface area (Å²) in [6, 6.07) is 5.89. The highest BCUT2D eigenvalue weighted by molar-refractivity contribution is 9.10. The zero-order valence-electron chi connectivity index (χ0n) is 13.0. The quantitative estimate of drug-likeness (QED) is 0.835. The van der Waals surface area contributed by atoms with E-state index in [0.29, 0.717) is 17.2 Å². The summed E-state index contributed by atoms with van der Waals surface area (Å²) in [6.07, 6.45) is 3.52. The molecule has 1 N–H and O–H groups in total. The van der Waals surface area contributed by atoms with Gasteiger partial charge in [-0.25, -0.2) is 0 Å². The minimum atomic E-state index is 0.0461. The van der Waals surface area contributed by atoms with Crippen molar-refractivity contribution in [3.05, 3.63) is 40.6 Å². The zero-order valence-corrected chi connectivity index (χ0v) is 14.6. The smallest absolute Gasteiger partial charge is 0.203 e. The van der Waals surface area contributed by atoms with Crippen molar-refractivity contribution in [2.45, 2.75) is 13.0 Å². The lowest BCUT2D eigenvalue weighted by molar-refractivity contribution is 0.323. The average Bonchev–Trinajstić information content (AvgIpc) is 2.53. The molecule has 0 radical (unpaired) electrons. The summed E-state index contributed by atoms with van der Waals surface area (Å²) in [5.41, 5.74) is 1.95. The van der Waals surface area contributed by atoms with Crippen molar-refractivity contribution in [1.29, 1.82) is 0 Å². The Hall–Kier alpha value is -1.95. The molecule has 0 fully saturated rings. The molecule has 1 aromatic heterocycles. The number of nitrogens with zero attached hydrogens (tertiary/aromatic N) is 1. The van der Waals surface area contributed by atoms with Gasteiger partial charge in [0.05, 0.1) is 33.2 Å². The third-order valence-electron chi connectivity index (χ3n) is 3.28. The van der Waals surface area contributed by atoms with Gasteiger partial charge in [-0.2, -0.15) is 0 Å². The fraction of sp³-hybridized carbons (Fsp3) is 0.312. The third kappa shape index (κ3) is 3.62. The Labute approximate surface area is 138 Å². The monoisotopic (exact) mass is 366 g/mol. The SMILES string of the molecule is COc1cc(C(C)Nc2cncc(Br)c2)cc(OC)c1OC. The van der Waals surface area contributed by atoms with E-state index < -0.39 is 0 Å². The van der Waals surface area contributed by atoms with E-state index in [1.807, 2.05) is 18.2 Å². The van der Waals surface area contributed by atoms with Crippen LogP contribution in [0.5, 0.6) is 17.2 Å². The second-order valence-corrected chi connectivity index (χ2v) is 5.63. The molecule has 0 bridgehead atoms. The van der Waals surface area contributed by atoms with Crippen LogP contribution in [0.3, 0.4) is 0 Å². The Kier molecular flexibility index (Phi) is 5.49. The van der Waals surface area contributed by atoms with Crippen molar-refractivity contribution in [2.75, 3.05) is 26.6 Å². The van der Waals surface area contributed by atoms with Crippen LogP contribution in [-0.4, -0.2) is 26.3 Å². The first-order valence-corrected chi connectivity index (χ1v) is 7.55. The lowest BCUT2D eigenvalue weighted by Crippen LogP contribution is -2.08. The summed E-state index contributed by atoms with van der Waals surface area (Å²) in [7, 11) is 4.81. The molecule has 1 atom stereocenters. The molecular formula is C16H19BrN2O3. The molecule has 118 valence electrons. The molecule has 0 spiro atoms. The second-order valence-electron chi connectivity index (χ2n) is 4.72. The van der Waals surface area contributed by atoms with E-state index in [9.17, 15) is 0 Å². The number of hydrogen-bond acceptors (Lipinski definition) is 5. The molecular weight excluding hydrogens is 348 g/mol. The maximum absolute atomic E-state index is 5.39. The Morgan fingerprint density at radius 2 is 1.64 bits per heavy atom. The molecule has 6 heteroatoms. The standard InChI is InChI=1S/C16H19BrN2O3/c1-10(19-13-7-12(17)8-18-9-13)11-5-14(20-2)16(22-4)15(6-11)21-3/h5-10,19H,1-4H3. The van der Waals surface area contributed by atoms with Crippen LogP contribution in [0.1, 0.15) is 18.5 Å². The molecule has 0 aliphatic heterocycles. The van der Waals surface area contributed by atoms with Crippen LogP contribution in [0.15, 0.2) is 35.1 Å². The van der Waals surface area contributed by atoms with Crippen molar-refractivity contribution in [2.24, 2.45) is 0 Å². The summed E-state index contributed by atoms with van der Waals surface area (Å²) in [5, 5.41) is 3.39. The fourth-order valence-corrected chi connectivity index (χ4v) is 2.54. The Balaban J connectivity index is 2.31. The predicted octanol–water partition coefficient (Wildman–Crippen LogP) is 4.04. The van der Waals surface area contributed by atoms with Crippen molar-refractivity contribution in [3.8, 4) is 17.2 Å². The average molecular weight is 367 g/mol. The van der Waals surface area contributed by atoms with Crippen molar-refractivity contribution in [1.82, 2.24) is 4.98 Å². The van der Waals surface area contributed by atoms with Crippen LogP contribution >= 0.6 is 15.9 Å². The number of halogens is 1. The first-order chi connectivity index (χ1) is 10.6. The van der Waals surface area contributed by atoms with Crippen molar-refractivity contribution in [3.63, 3.8) is 0 Å². The van der Waals surface area contributed by atoms with Gasteiger partial charge in [0.1, 0.15) is 0 Å². The summed E-state index contributed by atoms with van der Waals surface area (Å²) >= 11 is 3.41. The highest BCUT2D eigenvalue weighted by Gasteiger charge is 2.16. The largest absolute Gasteiger partial charge is 0.493 e. The van der Waals surface area contributed by atoms with Gasteiger partial charge in [-0.05, 0) is 46.6 Å². The number of ether oxygens (including phenoxy) is 3. The van der Waals surface area contributed by atoms with Crippen LogP contribution in [0.4, 0.5) is 5.69 Å². The first kappa shape index (κ1) is 16.4. The molecule has 0 aliphatic rings. The Morgan fingerprint density at radius 1 is 1.00 bits per heavy atom. The van der Waals surface area contributed by atoms with Gasteiger partial charge in [0, 0.05) is 16.7 Å². The van der Waals surface area contributed by atoms with Gasteiger partial charge < -0.3 is 19.5 Å². The highest BCUT2D eigenvalue weighted by atomic mass is 79.9. The minimum absolute atomic E-state index is 0.0461. The highest BCUT2D eigenvalue weighted by Crippen LogP contribution is 2.40. The van der Waals surface area contributed by atoms with E-state index in [1.54, 1.807) is 33.7 Å². The molecule has 1 aromatic carbocycles. The van der Waals surface area contributed by atoms with E-state index in [1.165, 1.54) is 0 Å². The van der Waals surface area contributed by atoms with E-state index in [-0.39, 0.29) is 6.04 Å². The fourth-order valence-electron chi connectivity index (χ4n) is 2.18. The van der Waals surface area contributed by atoms with Gasteiger partial charge in [0.25, 0.3) is 0 Å². The molecule has 0 saturated heterocycles. The first-order valence-electron chi connectivity index (χ1n) is 6.76. The number of pyridine rings is 1. The van der Waals surface area contributed by atoms with Gasteiger partial charge in [0.2, 0.25) is 5.75 Å². The van der Waals surface area contributed by atoms with E-state index >= 15 is 0 Å². The van der Waals surface area contributed by atoms with Crippen LogP contribution in [0.25, 0.3) is 0 Å². The molecule has 0 aliphatic carbocycles. The molecule has 5 nitrogen and oxygen atoms in total. The molecule has 22 heavy (non-hydrogen) atoms. The normalized spacial score (nSPS) is 11.7. The third-order valence-corrected chi connectivity index (χ3v) is 3.71. The number of anilines is 1. The summed E-state index contributed by atoms with van der Waals surface area (Å²) in [4.78, 5) is 4.15. The van der Waals surface area contributed by atoms with Crippen molar-refractivity contribution < 1.29 is 14.2 Å². The topological polar surface area (TPSA) is 52.6 Å². The lowest BCUT2D eigenvalue weighted by atomic mass is 10.1. The zero-order chi connectivity index (χ0) is 16.1. The minimum Gasteiger partial charge on any atom is -0.493 e.